The van der Waals surface area contributed by atoms with E-state index in [1.54, 1.807) is 12.4 Å². The number of hydrogen-bond donors (Lipinski definition) is 0. The number of benzene rings is 1. The molecule has 1 aromatic heterocycles. The van der Waals surface area contributed by atoms with Crippen molar-refractivity contribution in [1.29, 1.82) is 0 Å². The number of hydrogen-bond acceptors (Lipinski definition) is 3. The molecule has 0 unspecified atom stereocenters. The summed E-state index contributed by atoms with van der Waals surface area (Å²) >= 11 is 5.82. The van der Waals surface area contributed by atoms with Crippen LogP contribution in [0.3, 0.4) is 0 Å². The van der Waals surface area contributed by atoms with E-state index in [1.807, 2.05) is 43.3 Å². The Kier molecular flexibility index (Phi) is 3.06. The van der Waals surface area contributed by atoms with Gasteiger partial charge in [0.25, 0.3) is 0 Å². The first kappa shape index (κ1) is 10.9. The van der Waals surface area contributed by atoms with Crippen molar-refractivity contribution in [3.05, 3.63) is 41.7 Å². The van der Waals surface area contributed by atoms with Crippen molar-refractivity contribution in [2.24, 2.45) is 0 Å². The van der Waals surface area contributed by atoms with Gasteiger partial charge in [-0.05, 0) is 24.3 Å². The summed E-state index contributed by atoms with van der Waals surface area (Å²) < 4.78 is 0. The molecule has 0 bridgehead atoms. The highest BCUT2D eigenvalue weighted by atomic mass is 35.5. The summed E-state index contributed by atoms with van der Waals surface area (Å²) in [4.78, 5) is 10.6. The van der Waals surface area contributed by atoms with Crippen LogP contribution in [0.25, 0.3) is 11.4 Å². The quantitative estimate of drug-likeness (QED) is 0.799. The van der Waals surface area contributed by atoms with Gasteiger partial charge >= 0.3 is 0 Å². The molecule has 0 saturated heterocycles. The normalized spacial score (nSPS) is 10.2. The fourth-order valence-electron chi connectivity index (χ4n) is 1.30. The molecule has 3 nitrogen and oxygen atoms in total. The van der Waals surface area contributed by atoms with Gasteiger partial charge in [-0.2, -0.15) is 0 Å². The third-order valence-corrected chi connectivity index (χ3v) is 2.51. The number of halogens is 1. The lowest BCUT2D eigenvalue weighted by Gasteiger charge is -2.11. The highest BCUT2D eigenvalue weighted by molar-refractivity contribution is 6.30. The Morgan fingerprint density at radius 2 is 1.56 bits per heavy atom. The van der Waals surface area contributed by atoms with Gasteiger partial charge in [-0.25, -0.2) is 9.97 Å². The molecule has 1 heterocycles. The molecule has 16 heavy (non-hydrogen) atoms. The highest BCUT2D eigenvalue weighted by Gasteiger charge is 2.01. The zero-order valence-corrected chi connectivity index (χ0v) is 9.94. The lowest BCUT2D eigenvalue weighted by molar-refractivity contribution is 1.07. The Morgan fingerprint density at radius 1 is 1.00 bits per heavy atom. The SMILES string of the molecule is CN(C)c1cnc(-c2ccc(Cl)cc2)nc1. The van der Waals surface area contributed by atoms with Crippen LogP contribution in [-0.4, -0.2) is 24.1 Å². The Hall–Kier alpha value is -1.61. The first-order valence-electron chi connectivity index (χ1n) is 4.92. The topological polar surface area (TPSA) is 29.0 Å². The smallest absolute Gasteiger partial charge is 0.159 e. The highest BCUT2D eigenvalue weighted by Crippen LogP contribution is 2.18. The second-order valence-corrected chi connectivity index (χ2v) is 4.10. The molecule has 0 amide bonds. The van der Waals surface area contributed by atoms with Gasteiger partial charge in [0.05, 0.1) is 18.1 Å². The lowest BCUT2D eigenvalue weighted by atomic mass is 10.2. The molecule has 0 fully saturated rings. The molecular weight excluding hydrogens is 222 g/mol. The summed E-state index contributed by atoms with van der Waals surface area (Å²) in [7, 11) is 3.92. The summed E-state index contributed by atoms with van der Waals surface area (Å²) in [6.07, 6.45) is 3.61. The Balaban J connectivity index is 2.31. The summed E-state index contributed by atoms with van der Waals surface area (Å²) in [5.41, 5.74) is 1.95. The Bertz CT molecular complexity index is 463. The van der Waals surface area contributed by atoms with E-state index in [2.05, 4.69) is 9.97 Å². The first-order chi connectivity index (χ1) is 7.66. The Morgan fingerprint density at radius 3 is 2.06 bits per heavy atom. The molecule has 0 atom stereocenters. The van der Waals surface area contributed by atoms with Crippen LogP contribution >= 0.6 is 11.6 Å². The molecule has 0 radical (unpaired) electrons. The monoisotopic (exact) mass is 233 g/mol. The maximum Gasteiger partial charge on any atom is 0.159 e. The predicted octanol–water partition coefficient (Wildman–Crippen LogP) is 2.86. The van der Waals surface area contributed by atoms with Crippen LogP contribution < -0.4 is 4.90 Å². The second-order valence-electron chi connectivity index (χ2n) is 3.67. The third-order valence-electron chi connectivity index (χ3n) is 2.26. The van der Waals surface area contributed by atoms with E-state index in [1.165, 1.54) is 0 Å². The first-order valence-corrected chi connectivity index (χ1v) is 5.30. The van der Waals surface area contributed by atoms with E-state index in [0.717, 1.165) is 11.3 Å². The van der Waals surface area contributed by atoms with Gasteiger partial charge in [-0.3, -0.25) is 0 Å². The van der Waals surface area contributed by atoms with Crippen molar-refractivity contribution in [1.82, 2.24) is 9.97 Å². The average Bonchev–Trinajstić information content (AvgIpc) is 2.30. The minimum absolute atomic E-state index is 0.710. The summed E-state index contributed by atoms with van der Waals surface area (Å²) in [5.74, 6) is 0.710. The summed E-state index contributed by atoms with van der Waals surface area (Å²) in [6, 6.07) is 7.49. The van der Waals surface area contributed by atoms with Crippen LogP contribution in [0, 0.1) is 0 Å². The molecule has 0 aliphatic rings. The van der Waals surface area contributed by atoms with Crippen molar-refractivity contribution < 1.29 is 0 Å². The summed E-state index contributed by atoms with van der Waals surface area (Å²) in [6.45, 7) is 0. The molecule has 4 heteroatoms. The van der Waals surface area contributed by atoms with Gasteiger partial charge in [0, 0.05) is 24.7 Å². The fourth-order valence-corrected chi connectivity index (χ4v) is 1.43. The maximum absolute atomic E-state index is 5.82. The van der Waals surface area contributed by atoms with Crippen LogP contribution in [0.4, 0.5) is 5.69 Å². The van der Waals surface area contributed by atoms with E-state index in [-0.39, 0.29) is 0 Å². The molecule has 2 rings (SSSR count). The van der Waals surface area contributed by atoms with Gasteiger partial charge in [-0.1, -0.05) is 11.6 Å². The van der Waals surface area contributed by atoms with Gasteiger partial charge in [0.2, 0.25) is 0 Å². The zero-order valence-electron chi connectivity index (χ0n) is 9.18. The largest absolute Gasteiger partial charge is 0.375 e. The van der Waals surface area contributed by atoms with E-state index >= 15 is 0 Å². The van der Waals surface area contributed by atoms with Crippen LogP contribution in [0.15, 0.2) is 36.7 Å². The second kappa shape index (κ2) is 4.49. The summed E-state index contributed by atoms with van der Waals surface area (Å²) in [5, 5.41) is 0.716. The minimum atomic E-state index is 0.710. The van der Waals surface area contributed by atoms with Gasteiger partial charge < -0.3 is 4.90 Å². The predicted molar refractivity (Wildman–Crippen MR) is 66.8 cm³/mol. The lowest BCUT2D eigenvalue weighted by Crippen LogP contribution is -2.09. The fraction of sp³-hybridized carbons (Fsp3) is 0.167. The van der Waals surface area contributed by atoms with Crippen molar-refractivity contribution in [2.45, 2.75) is 0 Å². The minimum Gasteiger partial charge on any atom is -0.375 e. The molecule has 0 N–H and O–H groups in total. The molecule has 82 valence electrons. The number of nitrogens with zero attached hydrogens (tertiary/aromatic N) is 3. The van der Waals surface area contributed by atoms with Crippen LogP contribution in [0.5, 0.6) is 0 Å². The molecule has 0 saturated carbocycles. The van der Waals surface area contributed by atoms with E-state index in [9.17, 15) is 0 Å². The molecule has 0 spiro atoms. The van der Waals surface area contributed by atoms with E-state index < -0.39 is 0 Å². The maximum atomic E-state index is 5.82. The van der Waals surface area contributed by atoms with Gasteiger partial charge in [-0.15, -0.1) is 0 Å². The van der Waals surface area contributed by atoms with Crippen LogP contribution in [0.2, 0.25) is 5.02 Å². The van der Waals surface area contributed by atoms with Crippen molar-refractivity contribution in [2.75, 3.05) is 19.0 Å². The third kappa shape index (κ3) is 2.31. The van der Waals surface area contributed by atoms with E-state index in [0.29, 0.717) is 10.8 Å². The number of anilines is 1. The molecule has 1 aromatic carbocycles. The van der Waals surface area contributed by atoms with Gasteiger partial charge in [0.1, 0.15) is 0 Å². The van der Waals surface area contributed by atoms with Crippen molar-refractivity contribution in [3.8, 4) is 11.4 Å². The molecular formula is C12H12ClN3. The van der Waals surface area contributed by atoms with Crippen molar-refractivity contribution in [3.63, 3.8) is 0 Å². The standard InChI is InChI=1S/C12H12ClN3/c1-16(2)11-7-14-12(15-8-11)9-3-5-10(13)6-4-9/h3-8H,1-2H3. The molecule has 0 aliphatic carbocycles. The van der Waals surface area contributed by atoms with Crippen molar-refractivity contribution >= 4 is 17.3 Å². The zero-order chi connectivity index (χ0) is 11.5. The van der Waals surface area contributed by atoms with Gasteiger partial charge in [0.15, 0.2) is 5.82 Å². The molecule has 0 aliphatic heterocycles. The Labute approximate surface area is 99.7 Å². The number of aromatic nitrogens is 2. The van der Waals surface area contributed by atoms with Crippen LogP contribution in [0.1, 0.15) is 0 Å². The van der Waals surface area contributed by atoms with E-state index in [4.69, 9.17) is 11.6 Å². The number of rotatable bonds is 2. The van der Waals surface area contributed by atoms with Crippen LogP contribution in [-0.2, 0) is 0 Å². The molecule has 2 aromatic rings. The average molecular weight is 234 g/mol.